The maximum absolute atomic E-state index is 13.1. The van der Waals surface area contributed by atoms with Crippen molar-refractivity contribution in [3.63, 3.8) is 0 Å². The number of nitrogen functional groups attached to an aromatic ring is 1. The van der Waals surface area contributed by atoms with Crippen molar-refractivity contribution in [2.45, 2.75) is 5.75 Å². The number of anilines is 1. The number of hydrogen-bond acceptors (Lipinski definition) is 4. The molecule has 0 heterocycles. The molecule has 7 heteroatoms. The summed E-state index contributed by atoms with van der Waals surface area (Å²) < 4.78 is 33.3. The lowest BCUT2D eigenvalue weighted by Crippen LogP contribution is -2.35. The zero-order valence-corrected chi connectivity index (χ0v) is 16.7. The smallest absolute Gasteiger partial charge is 0.239 e. The van der Waals surface area contributed by atoms with Crippen LogP contribution in [0, 0.1) is 5.41 Å². The Morgan fingerprint density at radius 3 is 2.24 bits per heavy atom. The van der Waals surface area contributed by atoms with Crippen LogP contribution in [-0.4, -0.2) is 27.4 Å². The van der Waals surface area contributed by atoms with Crippen LogP contribution in [0.25, 0.3) is 0 Å². The number of nitrogens with two attached hydrogens (primary N) is 1. The first-order chi connectivity index (χ1) is 14.0. The summed E-state index contributed by atoms with van der Waals surface area (Å²) in [4.78, 5) is 0. The van der Waals surface area contributed by atoms with E-state index in [0.29, 0.717) is 17.0 Å². The number of para-hydroxylation sites is 1. The second-order valence-electron chi connectivity index (χ2n) is 6.44. The number of benzene rings is 3. The number of nitrogens with zero attached hydrogens (tertiary/aromatic N) is 1. The van der Waals surface area contributed by atoms with E-state index >= 15 is 0 Å². The zero-order chi connectivity index (χ0) is 20.7. The summed E-state index contributed by atoms with van der Waals surface area (Å²) >= 11 is 0. The fourth-order valence-corrected chi connectivity index (χ4v) is 4.45. The minimum absolute atomic E-state index is 0.0493. The Balaban J connectivity index is 1.76. The van der Waals surface area contributed by atoms with Crippen LogP contribution < -0.4 is 14.8 Å². The van der Waals surface area contributed by atoms with E-state index in [4.69, 9.17) is 15.9 Å². The Kier molecular flexibility index (Phi) is 6.51. The molecule has 0 aliphatic carbocycles. The van der Waals surface area contributed by atoms with Gasteiger partial charge in [-0.25, -0.2) is 8.42 Å². The van der Waals surface area contributed by atoms with Crippen molar-refractivity contribution in [1.29, 1.82) is 5.41 Å². The average Bonchev–Trinajstić information content (AvgIpc) is 2.72. The van der Waals surface area contributed by atoms with Crippen molar-refractivity contribution in [1.82, 2.24) is 0 Å². The van der Waals surface area contributed by atoms with Crippen LogP contribution in [0.1, 0.15) is 11.1 Å². The Labute approximate surface area is 171 Å². The first-order valence-electron chi connectivity index (χ1n) is 9.12. The molecule has 3 N–H and O–H groups in total. The highest BCUT2D eigenvalue weighted by Crippen LogP contribution is 2.21. The number of hydrogen-bond donors (Lipinski definition) is 2. The van der Waals surface area contributed by atoms with Gasteiger partial charge in [0.1, 0.15) is 18.2 Å². The topological polar surface area (TPSA) is 96.5 Å². The minimum atomic E-state index is -3.61. The van der Waals surface area contributed by atoms with E-state index in [1.807, 2.05) is 24.3 Å². The van der Waals surface area contributed by atoms with Gasteiger partial charge in [0.15, 0.2) is 0 Å². The molecule has 0 amide bonds. The minimum Gasteiger partial charge on any atom is -0.492 e. The van der Waals surface area contributed by atoms with E-state index < -0.39 is 10.0 Å². The molecule has 3 aromatic rings. The van der Waals surface area contributed by atoms with Gasteiger partial charge >= 0.3 is 0 Å². The van der Waals surface area contributed by atoms with Crippen LogP contribution in [0.3, 0.4) is 0 Å². The Hall–Kier alpha value is -3.32. The van der Waals surface area contributed by atoms with Gasteiger partial charge in [0.05, 0.1) is 18.0 Å². The molecule has 0 bridgehead atoms. The van der Waals surface area contributed by atoms with Crippen molar-refractivity contribution in [3.8, 4) is 5.75 Å². The lowest BCUT2D eigenvalue weighted by atomic mass is 10.2. The van der Waals surface area contributed by atoms with E-state index in [-0.39, 0.29) is 24.7 Å². The fraction of sp³-hybridized carbons (Fsp3) is 0.136. The zero-order valence-electron chi connectivity index (χ0n) is 15.9. The van der Waals surface area contributed by atoms with Crippen LogP contribution in [0.5, 0.6) is 5.75 Å². The molecule has 0 unspecified atom stereocenters. The number of nitrogens with one attached hydrogen (secondary N) is 1. The van der Waals surface area contributed by atoms with Gasteiger partial charge in [-0.05, 0) is 29.8 Å². The van der Waals surface area contributed by atoms with E-state index in [0.717, 1.165) is 5.56 Å². The third-order valence-corrected chi connectivity index (χ3v) is 6.04. The van der Waals surface area contributed by atoms with Crippen LogP contribution in [0.15, 0.2) is 84.9 Å². The van der Waals surface area contributed by atoms with Crippen LogP contribution >= 0.6 is 0 Å². The lowest BCUT2D eigenvalue weighted by molar-refractivity contribution is 0.328. The summed E-state index contributed by atoms with van der Waals surface area (Å²) in [6.07, 6.45) is 0. The third kappa shape index (κ3) is 5.58. The Morgan fingerprint density at radius 1 is 0.931 bits per heavy atom. The molecule has 150 valence electrons. The molecule has 0 saturated carbocycles. The molecule has 0 aliphatic rings. The van der Waals surface area contributed by atoms with Crippen molar-refractivity contribution in [2.24, 2.45) is 5.73 Å². The fourth-order valence-electron chi connectivity index (χ4n) is 2.89. The second kappa shape index (κ2) is 9.25. The number of ether oxygens (including phenoxy) is 1. The highest BCUT2D eigenvalue weighted by molar-refractivity contribution is 7.92. The summed E-state index contributed by atoms with van der Waals surface area (Å²) in [5.41, 5.74) is 7.37. The van der Waals surface area contributed by atoms with Gasteiger partial charge in [0, 0.05) is 5.56 Å². The van der Waals surface area contributed by atoms with Gasteiger partial charge < -0.3 is 10.5 Å². The van der Waals surface area contributed by atoms with Crippen molar-refractivity contribution >= 4 is 21.5 Å². The molecule has 0 atom stereocenters. The van der Waals surface area contributed by atoms with E-state index in [9.17, 15) is 8.42 Å². The SMILES string of the molecule is N=C(N)c1cccc(OCCN(c2ccccc2)S(=O)(=O)Cc2ccccc2)c1. The summed E-state index contributed by atoms with van der Waals surface area (Å²) in [6, 6.07) is 24.9. The molecule has 0 fully saturated rings. The Morgan fingerprint density at radius 2 is 1.59 bits per heavy atom. The van der Waals surface area contributed by atoms with E-state index in [2.05, 4.69) is 0 Å². The van der Waals surface area contributed by atoms with Gasteiger partial charge in [0.25, 0.3) is 0 Å². The standard InChI is InChI=1S/C22H23N3O3S/c23-22(24)19-10-7-13-21(16-19)28-15-14-25(20-11-5-2-6-12-20)29(26,27)17-18-8-3-1-4-9-18/h1-13,16H,14-15,17H2,(H3,23,24). The van der Waals surface area contributed by atoms with Crippen LogP contribution in [-0.2, 0) is 15.8 Å². The van der Waals surface area contributed by atoms with Crippen molar-refractivity contribution < 1.29 is 13.2 Å². The molecule has 29 heavy (non-hydrogen) atoms. The average molecular weight is 410 g/mol. The molecule has 0 spiro atoms. The molecule has 0 aromatic heterocycles. The molecular weight excluding hydrogens is 386 g/mol. The molecule has 6 nitrogen and oxygen atoms in total. The molecule has 3 aromatic carbocycles. The summed E-state index contributed by atoms with van der Waals surface area (Å²) in [5, 5.41) is 7.51. The number of rotatable bonds is 9. The van der Waals surface area contributed by atoms with E-state index in [1.165, 1.54) is 4.31 Å². The molecule has 0 aliphatic heterocycles. The quantitative estimate of drug-likeness (QED) is 0.418. The third-order valence-electron chi connectivity index (χ3n) is 4.28. The highest BCUT2D eigenvalue weighted by atomic mass is 32.2. The predicted octanol–water partition coefficient (Wildman–Crippen LogP) is 3.39. The van der Waals surface area contributed by atoms with Crippen LogP contribution in [0.2, 0.25) is 0 Å². The first kappa shape index (κ1) is 20.4. The summed E-state index contributed by atoms with van der Waals surface area (Å²) in [6.45, 7) is 0.313. The van der Waals surface area contributed by atoms with Gasteiger partial charge in [-0.2, -0.15) is 0 Å². The summed E-state index contributed by atoms with van der Waals surface area (Å²) in [5.74, 6) is 0.390. The van der Waals surface area contributed by atoms with E-state index in [1.54, 1.807) is 60.7 Å². The first-order valence-corrected chi connectivity index (χ1v) is 10.7. The lowest BCUT2D eigenvalue weighted by Gasteiger charge is -2.24. The van der Waals surface area contributed by atoms with Crippen molar-refractivity contribution in [3.05, 3.63) is 96.1 Å². The van der Waals surface area contributed by atoms with Gasteiger partial charge in [0.2, 0.25) is 10.0 Å². The molecule has 3 rings (SSSR count). The molecular formula is C22H23N3O3S. The van der Waals surface area contributed by atoms with Crippen molar-refractivity contribution in [2.75, 3.05) is 17.5 Å². The molecule has 0 saturated heterocycles. The van der Waals surface area contributed by atoms with Gasteiger partial charge in [-0.15, -0.1) is 0 Å². The maximum Gasteiger partial charge on any atom is 0.239 e. The largest absolute Gasteiger partial charge is 0.492 e. The van der Waals surface area contributed by atoms with Crippen LogP contribution in [0.4, 0.5) is 5.69 Å². The Bertz CT molecular complexity index is 1050. The number of amidine groups is 1. The highest BCUT2D eigenvalue weighted by Gasteiger charge is 2.23. The molecule has 0 radical (unpaired) electrons. The second-order valence-corrected chi connectivity index (χ2v) is 8.33. The maximum atomic E-state index is 13.1. The normalized spacial score (nSPS) is 11.0. The summed E-state index contributed by atoms with van der Waals surface area (Å²) in [7, 11) is -3.61. The van der Waals surface area contributed by atoms with Gasteiger partial charge in [-0.3, -0.25) is 9.71 Å². The number of sulfonamides is 1. The predicted molar refractivity (Wildman–Crippen MR) is 116 cm³/mol. The van der Waals surface area contributed by atoms with Gasteiger partial charge in [-0.1, -0.05) is 60.7 Å². The monoisotopic (exact) mass is 409 g/mol.